The summed E-state index contributed by atoms with van der Waals surface area (Å²) < 4.78 is 0. The molecule has 1 saturated heterocycles. The van der Waals surface area contributed by atoms with Crippen molar-refractivity contribution >= 4 is 19.0 Å². The normalized spacial score (nSPS) is 24.3. The number of carboxylic acid groups (broad SMARTS) is 1. The van der Waals surface area contributed by atoms with Gasteiger partial charge in [0.15, 0.2) is 0 Å². The van der Waals surface area contributed by atoms with Gasteiger partial charge < -0.3 is 31.1 Å². The minimum Gasteiger partial charge on any atom is -0.480 e. The van der Waals surface area contributed by atoms with Crippen LogP contribution >= 0.6 is 0 Å². The molecule has 1 rings (SSSR count). The second-order valence-electron chi connectivity index (χ2n) is 5.83. The Morgan fingerprint density at radius 3 is 2.68 bits per heavy atom. The zero-order chi connectivity index (χ0) is 16.7. The second kappa shape index (κ2) is 9.09. The summed E-state index contributed by atoms with van der Waals surface area (Å²) in [6, 6.07) is -1.42. The van der Waals surface area contributed by atoms with Crippen LogP contribution in [0.15, 0.2) is 0 Å². The predicted octanol–water partition coefficient (Wildman–Crippen LogP) is -1.38. The smallest absolute Gasteiger partial charge is 0.451 e. The summed E-state index contributed by atoms with van der Waals surface area (Å²) in [7, 11) is -1.37. The number of nitrogens with one attached hydrogen (secondary N) is 1. The van der Waals surface area contributed by atoms with E-state index in [0.29, 0.717) is 38.8 Å². The summed E-state index contributed by atoms with van der Waals surface area (Å²) in [6.45, 7) is 2.46. The molecule has 1 fully saturated rings. The molecule has 0 aromatic rings. The molecule has 1 aliphatic heterocycles. The predicted molar refractivity (Wildman–Crippen MR) is 82.0 cm³/mol. The lowest BCUT2D eigenvalue weighted by Gasteiger charge is -2.36. The maximum Gasteiger partial charge on any atom is 0.451 e. The van der Waals surface area contributed by atoms with E-state index in [-0.39, 0.29) is 18.3 Å². The molecule has 0 aliphatic carbocycles. The molecule has 1 amide bonds. The van der Waals surface area contributed by atoms with Gasteiger partial charge in [-0.2, -0.15) is 0 Å². The first-order chi connectivity index (χ1) is 10.3. The molecule has 1 aliphatic rings. The fourth-order valence-electron chi connectivity index (χ4n) is 2.70. The van der Waals surface area contributed by atoms with Crippen LogP contribution in [-0.4, -0.2) is 70.3 Å². The van der Waals surface area contributed by atoms with Gasteiger partial charge in [0.2, 0.25) is 5.91 Å². The third kappa shape index (κ3) is 5.92. The third-order valence-corrected chi connectivity index (χ3v) is 3.90. The van der Waals surface area contributed by atoms with Crippen LogP contribution in [0.25, 0.3) is 0 Å². The summed E-state index contributed by atoms with van der Waals surface area (Å²) in [5, 5.41) is 29.9. The van der Waals surface area contributed by atoms with E-state index in [4.69, 9.17) is 20.9 Å². The Bertz CT molecular complexity index is 381. The Morgan fingerprint density at radius 2 is 2.14 bits per heavy atom. The highest BCUT2D eigenvalue weighted by Gasteiger charge is 2.30. The van der Waals surface area contributed by atoms with Crippen LogP contribution in [0.5, 0.6) is 0 Å². The Morgan fingerprint density at radius 1 is 1.45 bits per heavy atom. The number of nitrogens with zero attached hydrogens (tertiary/aromatic N) is 1. The molecule has 0 aromatic heterocycles. The van der Waals surface area contributed by atoms with Crippen LogP contribution in [0.1, 0.15) is 32.6 Å². The second-order valence-corrected chi connectivity index (χ2v) is 5.83. The van der Waals surface area contributed by atoms with Crippen molar-refractivity contribution in [3.63, 3.8) is 0 Å². The van der Waals surface area contributed by atoms with Gasteiger partial charge in [0.05, 0.1) is 6.04 Å². The fraction of sp³-hybridized carbons (Fsp3) is 0.846. The largest absolute Gasteiger partial charge is 0.480 e. The Labute approximate surface area is 130 Å². The summed E-state index contributed by atoms with van der Waals surface area (Å²) in [5.41, 5.74) is 5.69. The van der Waals surface area contributed by atoms with Crippen molar-refractivity contribution in [2.24, 2.45) is 5.73 Å². The lowest BCUT2D eigenvalue weighted by Crippen LogP contribution is -2.55. The maximum absolute atomic E-state index is 12.2. The zero-order valence-corrected chi connectivity index (χ0v) is 12.9. The molecule has 126 valence electrons. The van der Waals surface area contributed by atoms with Gasteiger partial charge in [-0.1, -0.05) is 6.42 Å². The van der Waals surface area contributed by atoms with Gasteiger partial charge in [0.1, 0.15) is 6.04 Å². The minimum atomic E-state index is -1.37. The summed E-state index contributed by atoms with van der Waals surface area (Å²) >= 11 is 0. The number of aliphatic carboxylic acids is 1. The lowest BCUT2D eigenvalue weighted by molar-refractivity contribution is -0.140. The van der Waals surface area contributed by atoms with E-state index in [9.17, 15) is 9.59 Å². The van der Waals surface area contributed by atoms with Crippen molar-refractivity contribution in [1.82, 2.24) is 10.2 Å². The van der Waals surface area contributed by atoms with E-state index in [1.807, 2.05) is 0 Å². The molecule has 6 N–H and O–H groups in total. The molecule has 1 heterocycles. The number of rotatable bonds is 6. The van der Waals surface area contributed by atoms with Crippen molar-refractivity contribution in [2.45, 2.75) is 57.1 Å². The first-order valence-corrected chi connectivity index (χ1v) is 7.71. The first-order valence-electron chi connectivity index (χ1n) is 7.71. The van der Waals surface area contributed by atoms with Crippen LogP contribution < -0.4 is 11.1 Å². The van der Waals surface area contributed by atoms with E-state index < -0.39 is 25.2 Å². The molecule has 0 unspecified atom stereocenters. The number of hydrogen-bond donors (Lipinski definition) is 5. The molecule has 0 saturated carbocycles. The summed E-state index contributed by atoms with van der Waals surface area (Å²) in [5.74, 6) is -1.05. The van der Waals surface area contributed by atoms with E-state index in [1.54, 1.807) is 11.8 Å². The van der Waals surface area contributed by atoms with Crippen LogP contribution in [0.2, 0.25) is 6.32 Å². The molecule has 0 bridgehead atoms. The van der Waals surface area contributed by atoms with Gasteiger partial charge in [-0.15, -0.1) is 0 Å². The average Bonchev–Trinajstić information content (AvgIpc) is 2.40. The standard InChI is InChI=1S/C13H26BN3O5/c1-9(15)12(18)17-7-3-5-11(13(19)20)16-8-10(17)4-2-6-14(21)22/h9-11,16,21-22H,2-8,15H2,1H3,(H,19,20)/t9-,10+,11-/m0/s1. The van der Waals surface area contributed by atoms with E-state index in [1.165, 1.54) is 0 Å². The number of nitrogens with two attached hydrogens (primary N) is 1. The van der Waals surface area contributed by atoms with Gasteiger partial charge in [-0.05, 0) is 32.5 Å². The van der Waals surface area contributed by atoms with Crippen LogP contribution in [0.3, 0.4) is 0 Å². The van der Waals surface area contributed by atoms with Gasteiger partial charge in [-0.3, -0.25) is 9.59 Å². The van der Waals surface area contributed by atoms with Crippen LogP contribution in [0.4, 0.5) is 0 Å². The highest BCUT2D eigenvalue weighted by molar-refractivity contribution is 6.40. The molecule has 0 aromatic carbocycles. The van der Waals surface area contributed by atoms with Crippen LogP contribution in [0, 0.1) is 0 Å². The fourth-order valence-corrected chi connectivity index (χ4v) is 2.70. The van der Waals surface area contributed by atoms with Gasteiger partial charge in [0.25, 0.3) is 0 Å². The Balaban J connectivity index is 2.73. The number of carboxylic acids is 1. The number of amides is 1. The zero-order valence-electron chi connectivity index (χ0n) is 12.9. The molecule has 0 spiro atoms. The van der Waals surface area contributed by atoms with Gasteiger partial charge in [0, 0.05) is 19.1 Å². The maximum atomic E-state index is 12.2. The van der Waals surface area contributed by atoms with Gasteiger partial charge in [-0.25, -0.2) is 0 Å². The molecule has 9 heteroatoms. The van der Waals surface area contributed by atoms with Crippen molar-refractivity contribution < 1.29 is 24.7 Å². The third-order valence-electron chi connectivity index (χ3n) is 3.90. The quantitative estimate of drug-likeness (QED) is 0.381. The van der Waals surface area contributed by atoms with Crippen molar-refractivity contribution in [2.75, 3.05) is 13.1 Å². The topological polar surface area (TPSA) is 136 Å². The summed E-state index contributed by atoms with van der Waals surface area (Å²) in [6.07, 6.45) is 2.36. The van der Waals surface area contributed by atoms with Crippen molar-refractivity contribution in [3.8, 4) is 0 Å². The molecule has 22 heavy (non-hydrogen) atoms. The van der Waals surface area contributed by atoms with E-state index in [0.717, 1.165) is 0 Å². The summed E-state index contributed by atoms with van der Waals surface area (Å²) in [4.78, 5) is 25.1. The Hall–Kier alpha value is -1.16. The number of hydrogen-bond acceptors (Lipinski definition) is 6. The lowest BCUT2D eigenvalue weighted by atomic mass is 9.83. The number of carbonyl (C=O) groups excluding carboxylic acids is 1. The van der Waals surface area contributed by atoms with E-state index in [2.05, 4.69) is 5.32 Å². The van der Waals surface area contributed by atoms with E-state index >= 15 is 0 Å². The molecule has 0 radical (unpaired) electrons. The van der Waals surface area contributed by atoms with Crippen molar-refractivity contribution in [1.29, 1.82) is 0 Å². The first kappa shape index (κ1) is 18.9. The van der Waals surface area contributed by atoms with Gasteiger partial charge >= 0.3 is 13.1 Å². The minimum absolute atomic E-state index is 0.162. The SMILES string of the molecule is C[C@H](N)C(=O)N1CCC[C@@H](C(=O)O)NC[C@H]1CCCB(O)O. The highest BCUT2D eigenvalue weighted by Crippen LogP contribution is 2.15. The van der Waals surface area contributed by atoms with Crippen molar-refractivity contribution in [3.05, 3.63) is 0 Å². The monoisotopic (exact) mass is 315 g/mol. The Kier molecular flexibility index (Phi) is 7.81. The molecular formula is C13H26BN3O5. The average molecular weight is 315 g/mol. The molecular weight excluding hydrogens is 289 g/mol. The molecule has 8 nitrogen and oxygen atoms in total. The highest BCUT2D eigenvalue weighted by atomic mass is 16.4. The number of carbonyl (C=O) groups is 2. The molecule has 3 atom stereocenters. The van der Waals surface area contributed by atoms with Crippen LogP contribution in [-0.2, 0) is 9.59 Å².